The molecule has 0 bridgehead atoms. The summed E-state index contributed by atoms with van der Waals surface area (Å²) < 4.78 is 7.26. The van der Waals surface area contributed by atoms with Crippen molar-refractivity contribution >= 4 is 34.6 Å². The number of hydrogen-bond donors (Lipinski definition) is 2. The number of fused-ring (bicyclic) bond motifs is 1. The lowest BCUT2D eigenvalue weighted by Crippen LogP contribution is -2.40. The summed E-state index contributed by atoms with van der Waals surface area (Å²) in [4.78, 5) is 41.4. The van der Waals surface area contributed by atoms with Gasteiger partial charge in [-0.15, -0.1) is 0 Å². The molecule has 0 aliphatic carbocycles. The van der Waals surface area contributed by atoms with Crippen LogP contribution in [0.5, 0.6) is 0 Å². The first-order chi connectivity index (χ1) is 14.1. The number of unbranched alkanes of at least 4 members (excludes halogenated alkanes) is 1. The summed E-state index contributed by atoms with van der Waals surface area (Å²) in [5.74, 6) is -0.451. The van der Waals surface area contributed by atoms with E-state index in [1.807, 2.05) is 13.0 Å². The number of amides is 3. The smallest absolute Gasteiger partial charge is 0.321 e. The monoisotopic (exact) mass is 418 g/mol. The van der Waals surface area contributed by atoms with Gasteiger partial charge < -0.3 is 10.1 Å². The first-order valence-electron chi connectivity index (χ1n) is 9.90. The molecule has 156 valence electrons. The molecule has 3 rings (SSSR count). The predicted molar refractivity (Wildman–Crippen MR) is 112 cm³/mol. The second-order valence-corrected chi connectivity index (χ2v) is 7.85. The molecule has 29 heavy (non-hydrogen) atoms. The standard InChI is InChI=1S/C20H26N4O4S/c1-2-3-10-21-19(27)23-17(25)13-29-20-22-16-9-5-4-8-15(16)18(26)24(20)12-14-7-6-11-28-14/h4-5,8-9,14H,2-3,6-7,10-13H2,1H3,(H2,21,23,25,27)/t14-/m1/s1. The van der Waals surface area contributed by atoms with E-state index in [1.54, 1.807) is 22.8 Å². The van der Waals surface area contributed by atoms with Crippen LogP contribution in [0.15, 0.2) is 34.2 Å². The molecule has 3 amide bonds. The van der Waals surface area contributed by atoms with Crippen LogP contribution in [-0.4, -0.2) is 46.5 Å². The number of thioether (sulfide) groups is 1. The lowest BCUT2D eigenvalue weighted by atomic mass is 10.2. The van der Waals surface area contributed by atoms with Gasteiger partial charge in [-0.2, -0.15) is 0 Å². The third-order valence-corrected chi connectivity index (χ3v) is 5.61. The van der Waals surface area contributed by atoms with Gasteiger partial charge in [-0.3, -0.25) is 19.5 Å². The zero-order valence-corrected chi connectivity index (χ0v) is 17.3. The van der Waals surface area contributed by atoms with Crippen molar-refractivity contribution in [3.05, 3.63) is 34.6 Å². The number of ether oxygens (including phenoxy) is 1. The molecule has 1 aromatic heterocycles. The zero-order valence-electron chi connectivity index (χ0n) is 16.5. The molecule has 0 saturated carbocycles. The number of urea groups is 1. The Labute approximate surface area is 173 Å². The highest BCUT2D eigenvalue weighted by atomic mass is 32.2. The van der Waals surface area contributed by atoms with E-state index in [4.69, 9.17) is 4.74 Å². The summed E-state index contributed by atoms with van der Waals surface area (Å²) in [5.41, 5.74) is 0.438. The van der Waals surface area contributed by atoms with Gasteiger partial charge in [0.05, 0.1) is 29.3 Å². The first kappa shape index (κ1) is 21.3. The van der Waals surface area contributed by atoms with Crippen molar-refractivity contribution in [3.8, 4) is 0 Å². The number of nitrogens with zero attached hydrogens (tertiary/aromatic N) is 2. The highest BCUT2D eigenvalue weighted by molar-refractivity contribution is 7.99. The van der Waals surface area contributed by atoms with Crippen LogP contribution < -0.4 is 16.2 Å². The minimum absolute atomic E-state index is 0.0164. The molecule has 1 atom stereocenters. The summed E-state index contributed by atoms with van der Waals surface area (Å²) in [6.07, 6.45) is 3.64. The molecule has 2 N–H and O–H groups in total. The second kappa shape index (κ2) is 10.4. The Bertz CT molecular complexity index is 924. The molecule has 9 heteroatoms. The average molecular weight is 419 g/mol. The highest BCUT2D eigenvalue weighted by Gasteiger charge is 2.21. The molecule has 1 aliphatic heterocycles. The van der Waals surface area contributed by atoms with Crippen molar-refractivity contribution in [1.82, 2.24) is 20.2 Å². The Morgan fingerprint density at radius 3 is 2.93 bits per heavy atom. The number of benzene rings is 1. The number of rotatable bonds is 8. The maximum atomic E-state index is 13.0. The van der Waals surface area contributed by atoms with E-state index in [9.17, 15) is 14.4 Å². The van der Waals surface area contributed by atoms with Gasteiger partial charge in [0.2, 0.25) is 5.91 Å². The van der Waals surface area contributed by atoms with E-state index in [2.05, 4.69) is 15.6 Å². The fourth-order valence-corrected chi connectivity index (χ4v) is 3.94. The van der Waals surface area contributed by atoms with Crippen molar-refractivity contribution < 1.29 is 14.3 Å². The third kappa shape index (κ3) is 5.80. The van der Waals surface area contributed by atoms with Crippen LogP contribution in [0, 0.1) is 0 Å². The average Bonchev–Trinajstić information content (AvgIpc) is 3.22. The normalized spacial score (nSPS) is 16.1. The largest absolute Gasteiger partial charge is 0.376 e. The minimum atomic E-state index is -0.507. The molecular formula is C20H26N4O4S. The van der Waals surface area contributed by atoms with Gasteiger partial charge in [0.25, 0.3) is 5.56 Å². The molecule has 0 radical (unpaired) electrons. The Morgan fingerprint density at radius 1 is 1.34 bits per heavy atom. The Balaban J connectivity index is 1.72. The van der Waals surface area contributed by atoms with Crippen LogP contribution in [-0.2, 0) is 16.1 Å². The molecule has 0 unspecified atom stereocenters. The van der Waals surface area contributed by atoms with Crippen molar-refractivity contribution in [2.45, 2.75) is 50.4 Å². The van der Waals surface area contributed by atoms with Gasteiger partial charge in [-0.25, -0.2) is 9.78 Å². The number of hydrogen-bond acceptors (Lipinski definition) is 6. The lowest BCUT2D eigenvalue weighted by Gasteiger charge is -2.16. The highest BCUT2D eigenvalue weighted by Crippen LogP contribution is 2.20. The van der Waals surface area contributed by atoms with Gasteiger partial charge in [-0.1, -0.05) is 37.2 Å². The SMILES string of the molecule is CCCCNC(=O)NC(=O)CSc1nc2ccccc2c(=O)n1C[C@H]1CCCO1. The van der Waals surface area contributed by atoms with Gasteiger partial charge in [0.15, 0.2) is 5.16 Å². The molecule has 1 aliphatic rings. The van der Waals surface area contributed by atoms with E-state index in [0.29, 0.717) is 35.8 Å². The molecule has 0 spiro atoms. The van der Waals surface area contributed by atoms with Gasteiger partial charge >= 0.3 is 6.03 Å². The Kier molecular flexibility index (Phi) is 7.65. The number of imide groups is 1. The minimum Gasteiger partial charge on any atom is -0.376 e. The second-order valence-electron chi connectivity index (χ2n) is 6.91. The maximum Gasteiger partial charge on any atom is 0.321 e. The van der Waals surface area contributed by atoms with E-state index >= 15 is 0 Å². The number of carbonyl (C=O) groups excluding carboxylic acids is 2. The molecule has 8 nitrogen and oxygen atoms in total. The van der Waals surface area contributed by atoms with Crippen LogP contribution >= 0.6 is 11.8 Å². The number of carbonyl (C=O) groups is 2. The van der Waals surface area contributed by atoms with Crippen LogP contribution in [0.4, 0.5) is 4.79 Å². The number of nitrogens with one attached hydrogen (secondary N) is 2. The van der Waals surface area contributed by atoms with E-state index in [-0.39, 0.29) is 17.4 Å². The summed E-state index contributed by atoms with van der Waals surface area (Å²) >= 11 is 1.14. The molecular weight excluding hydrogens is 392 g/mol. The zero-order chi connectivity index (χ0) is 20.6. The molecule has 2 heterocycles. The van der Waals surface area contributed by atoms with Crippen LogP contribution in [0.1, 0.15) is 32.6 Å². The van der Waals surface area contributed by atoms with Gasteiger partial charge in [-0.05, 0) is 31.4 Å². The van der Waals surface area contributed by atoms with Crippen molar-refractivity contribution in [2.75, 3.05) is 18.9 Å². The van der Waals surface area contributed by atoms with Crippen molar-refractivity contribution in [2.24, 2.45) is 0 Å². The van der Waals surface area contributed by atoms with Crippen molar-refractivity contribution in [1.29, 1.82) is 0 Å². The summed E-state index contributed by atoms with van der Waals surface area (Å²) in [6.45, 7) is 3.64. The number of para-hydroxylation sites is 1. The maximum absolute atomic E-state index is 13.0. The van der Waals surface area contributed by atoms with Crippen LogP contribution in [0.25, 0.3) is 10.9 Å². The summed E-state index contributed by atoms with van der Waals surface area (Å²) in [6, 6.07) is 6.64. The topological polar surface area (TPSA) is 102 Å². The van der Waals surface area contributed by atoms with Crippen LogP contribution in [0.3, 0.4) is 0 Å². The third-order valence-electron chi connectivity index (χ3n) is 4.64. The fourth-order valence-electron chi connectivity index (χ4n) is 3.13. The lowest BCUT2D eigenvalue weighted by molar-refractivity contribution is -0.117. The molecule has 1 saturated heterocycles. The van der Waals surface area contributed by atoms with E-state index < -0.39 is 11.9 Å². The molecule has 1 aromatic carbocycles. The predicted octanol–water partition coefficient (Wildman–Crippen LogP) is 2.29. The van der Waals surface area contributed by atoms with Crippen LogP contribution in [0.2, 0.25) is 0 Å². The van der Waals surface area contributed by atoms with E-state index in [1.165, 1.54) is 0 Å². The molecule has 1 fully saturated rings. The Morgan fingerprint density at radius 2 is 2.17 bits per heavy atom. The summed E-state index contributed by atoms with van der Waals surface area (Å²) in [7, 11) is 0. The van der Waals surface area contributed by atoms with Gasteiger partial charge in [0, 0.05) is 13.2 Å². The quantitative estimate of drug-likeness (QED) is 0.387. The first-order valence-corrected chi connectivity index (χ1v) is 10.9. The number of aromatic nitrogens is 2. The fraction of sp³-hybridized carbons (Fsp3) is 0.500. The Hall–Kier alpha value is -2.39. The van der Waals surface area contributed by atoms with Gasteiger partial charge in [0.1, 0.15) is 0 Å². The summed E-state index contributed by atoms with van der Waals surface area (Å²) in [5, 5.41) is 5.93. The molecule has 2 aromatic rings. The van der Waals surface area contributed by atoms with Crippen molar-refractivity contribution in [3.63, 3.8) is 0 Å². The van der Waals surface area contributed by atoms with E-state index in [0.717, 1.165) is 37.4 Å².